The molecule has 120 valence electrons. The van der Waals surface area contributed by atoms with Crippen LogP contribution in [0.5, 0.6) is 0 Å². The van der Waals surface area contributed by atoms with Crippen molar-refractivity contribution >= 4 is 11.9 Å². The molecule has 1 aliphatic heterocycles. The molecule has 0 radical (unpaired) electrons. The molecular formula is C17H22O5. The van der Waals surface area contributed by atoms with Crippen LogP contribution in [0.4, 0.5) is 0 Å². The molecule has 2 aliphatic rings. The predicted octanol–water partition coefficient (Wildman–Crippen LogP) is 2.06. The van der Waals surface area contributed by atoms with Gasteiger partial charge in [0.25, 0.3) is 0 Å². The van der Waals surface area contributed by atoms with Crippen molar-refractivity contribution in [3.05, 3.63) is 36.0 Å². The normalized spacial score (nSPS) is 35.2. The minimum atomic E-state index is -0.663. The highest BCUT2D eigenvalue weighted by Crippen LogP contribution is 2.36. The second-order valence-electron chi connectivity index (χ2n) is 6.00. The number of ether oxygens (including phenoxy) is 2. The van der Waals surface area contributed by atoms with Crippen molar-refractivity contribution in [2.75, 3.05) is 0 Å². The minimum absolute atomic E-state index is 0.282. The molecular weight excluding hydrogens is 284 g/mol. The van der Waals surface area contributed by atoms with E-state index < -0.39 is 36.2 Å². The molecule has 0 aromatic rings. The lowest BCUT2D eigenvalue weighted by Crippen LogP contribution is -2.34. The lowest BCUT2D eigenvalue weighted by molar-refractivity contribution is -0.149. The van der Waals surface area contributed by atoms with Crippen molar-refractivity contribution in [2.45, 2.75) is 51.4 Å². The van der Waals surface area contributed by atoms with Crippen LogP contribution in [-0.4, -0.2) is 35.4 Å². The Hall–Kier alpha value is -1.88. The summed E-state index contributed by atoms with van der Waals surface area (Å²) in [6, 6.07) is 0. The van der Waals surface area contributed by atoms with Gasteiger partial charge in [-0.3, -0.25) is 4.79 Å². The van der Waals surface area contributed by atoms with Crippen LogP contribution in [-0.2, 0) is 19.1 Å². The Bertz CT molecular complexity index is 545. The number of rotatable bonds is 1. The fraction of sp³-hybridized carbons (Fsp3) is 0.529. The average Bonchev–Trinajstić information content (AvgIpc) is 2.69. The Morgan fingerprint density at radius 3 is 2.77 bits per heavy atom. The van der Waals surface area contributed by atoms with Gasteiger partial charge in [-0.05, 0) is 31.4 Å². The maximum Gasteiger partial charge on any atom is 0.334 e. The van der Waals surface area contributed by atoms with Gasteiger partial charge in [-0.2, -0.15) is 0 Å². The molecule has 4 atom stereocenters. The van der Waals surface area contributed by atoms with E-state index in [1.165, 1.54) is 6.92 Å². The summed E-state index contributed by atoms with van der Waals surface area (Å²) in [4.78, 5) is 23.3. The van der Waals surface area contributed by atoms with Crippen LogP contribution in [0.2, 0.25) is 0 Å². The highest BCUT2D eigenvalue weighted by atomic mass is 16.6. The molecule has 1 heterocycles. The number of aliphatic hydroxyl groups is 1. The number of fused-ring (bicyclic) bond motifs is 1. The summed E-state index contributed by atoms with van der Waals surface area (Å²) < 4.78 is 10.7. The zero-order valence-electron chi connectivity index (χ0n) is 13.0. The summed E-state index contributed by atoms with van der Waals surface area (Å²) in [5.41, 5.74) is 1.89. The van der Waals surface area contributed by atoms with Crippen LogP contribution in [0, 0.1) is 5.92 Å². The zero-order valence-corrected chi connectivity index (χ0v) is 13.0. The summed E-state index contributed by atoms with van der Waals surface area (Å²) in [5, 5.41) is 10.1. The molecule has 0 aromatic carbocycles. The van der Waals surface area contributed by atoms with Crippen molar-refractivity contribution in [3.63, 3.8) is 0 Å². The number of hydrogen-bond acceptors (Lipinski definition) is 5. The van der Waals surface area contributed by atoms with E-state index in [0.717, 1.165) is 5.57 Å². The van der Waals surface area contributed by atoms with Crippen molar-refractivity contribution < 1.29 is 24.2 Å². The molecule has 5 nitrogen and oxygen atoms in total. The fourth-order valence-corrected chi connectivity index (χ4v) is 2.96. The summed E-state index contributed by atoms with van der Waals surface area (Å²) in [6.45, 7) is 10.9. The second kappa shape index (κ2) is 6.48. The van der Waals surface area contributed by atoms with Gasteiger partial charge < -0.3 is 14.6 Å². The number of carbonyl (C=O) groups is 2. The first-order chi connectivity index (χ1) is 10.3. The minimum Gasteiger partial charge on any atom is -0.461 e. The van der Waals surface area contributed by atoms with Crippen LogP contribution in [0.3, 0.4) is 0 Å². The van der Waals surface area contributed by atoms with Gasteiger partial charge in [0.2, 0.25) is 0 Å². The monoisotopic (exact) mass is 306 g/mol. The van der Waals surface area contributed by atoms with Crippen molar-refractivity contribution in [3.8, 4) is 0 Å². The quantitative estimate of drug-likeness (QED) is 0.456. The molecule has 0 spiro atoms. The van der Waals surface area contributed by atoms with E-state index in [2.05, 4.69) is 13.2 Å². The van der Waals surface area contributed by atoms with Crippen LogP contribution in [0.1, 0.15) is 33.1 Å². The zero-order chi connectivity index (χ0) is 16.4. The van der Waals surface area contributed by atoms with Gasteiger partial charge >= 0.3 is 11.9 Å². The Kier molecular flexibility index (Phi) is 4.86. The number of allylic oxidation sites excluding steroid dienone is 1. The molecule has 1 aliphatic carbocycles. The lowest BCUT2D eigenvalue weighted by atomic mass is 9.84. The molecule has 2 rings (SSSR count). The van der Waals surface area contributed by atoms with Gasteiger partial charge in [0, 0.05) is 18.9 Å². The third-order valence-corrected chi connectivity index (χ3v) is 4.18. The Morgan fingerprint density at radius 2 is 2.14 bits per heavy atom. The van der Waals surface area contributed by atoms with Gasteiger partial charge in [-0.15, -0.1) is 0 Å². The van der Waals surface area contributed by atoms with E-state index in [1.807, 2.05) is 13.0 Å². The predicted molar refractivity (Wildman–Crippen MR) is 80.8 cm³/mol. The second-order valence-corrected chi connectivity index (χ2v) is 6.00. The molecule has 22 heavy (non-hydrogen) atoms. The smallest absolute Gasteiger partial charge is 0.334 e. The Balaban J connectivity index is 2.40. The molecule has 1 saturated heterocycles. The number of hydrogen-bond donors (Lipinski definition) is 1. The van der Waals surface area contributed by atoms with E-state index in [9.17, 15) is 14.7 Å². The van der Waals surface area contributed by atoms with E-state index in [0.29, 0.717) is 24.0 Å². The standard InChI is InChI=1S/C17H22O5/c1-9-5-6-13(19)10(2)8-15(21-12(4)18)16-11(3)17(20)22-14(16)7-9/h7,13-16,19H,2-3,5-6,8H2,1,4H3/b9-7+/t13-,14-,15-,16+/m1/s1. The maximum absolute atomic E-state index is 11.9. The highest BCUT2D eigenvalue weighted by Gasteiger charge is 2.44. The Labute approximate surface area is 130 Å². The van der Waals surface area contributed by atoms with Gasteiger partial charge in [0.15, 0.2) is 0 Å². The number of esters is 2. The molecule has 1 fully saturated rings. The van der Waals surface area contributed by atoms with Crippen molar-refractivity contribution in [1.29, 1.82) is 0 Å². The average molecular weight is 306 g/mol. The molecule has 0 bridgehead atoms. The molecule has 1 N–H and O–H groups in total. The number of carbonyl (C=O) groups excluding carboxylic acids is 2. The maximum atomic E-state index is 11.9. The van der Waals surface area contributed by atoms with Crippen LogP contribution >= 0.6 is 0 Å². The van der Waals surface area contributed by atoms with Gasteiger partial charge in [0.1, 0.15) is 12.2 Å². The topological polar surface area (TPSA) is 72.8 Å². The lowest BCUT2D eigenvalue weighted by Gasteiger charge is -2.28. The summed E-state index contributed by atoms with van der Waals surface area (Å²) in [5.74, 6) is -1.37. The third-order valence-electron chi connectivity index (χ3n) is 4.18. The first-order valence-electron chi connectivity index (χ1n) is 7.39. The van der Waals surface area contributed by atoms with Crippen LogP contribution < -0.4 is 0 Å². The van der Waals surface area contributed by atoms with E-state index >= 15 is 0 Å². The van der Waals surface area contributed by atoms with Gasteiger partial charge in [-0.25, -0.2) is 4.79 Å². The summed E-state index contributed by atoms with van der Waals surface area (Å²) >= 11 is 0. The Morgan fingerprint density at radius 1 is 1.45 bits per heavy atom. The van der Waals surface area contributed by atoms with Crippen molar-refractivity contribution in [2.24, 2.45) is 5.92 Å². The van der Waals surface area contributed by atoms with Gasteiger partial charge in [-0.1, -0.05) is 18.7 Å². The third kappa shape index (κ3) is 3.47. The van der Waals surface area contributed by atoms with E-state index in [1.54, 1.807) is 0 Å². The summed E-state index contributed by atoms with van der Waals surface area (Å²) in [6.07, 6.45) is 1.59. The molecule has 0 saturated carbocycles. The van der Waals surface area contributed by atoms with Crippen molar-refractivity contribution in [1.82, 2.24) is 0 Å². The first kappa shape index (κ1) is 16.5. The summed E-state index contributed by atoms with van der Waals surface area (Å²) in [7, 11) is 0. The van der Waals surface area contributed by atoms with E-state index in [-0.39, 0.29) is 6.42 Å². The fourth-order valence-electron chi connectivity index (χ4n) is 2.96. The first-order valence-corrected chi connectivity index (χ1v) is 7.39. The SMILES string of the molecule is C=C1C(=O)O[C@@H]2/C=C(\C)CC[C@@H](O)C(=C)C[C@@H](OC(C)=O)[C@@H]12. The van der Waals surface area contributed by atoms with Gasteiger partial charge in [0.05, 0.1) is 12.0 Å². The highest BCUT2D eigenvalue weighted by molar-refractivity contribution is 5.91. The molecule has 0 unspecified atom stereocenters. The van der Waals surface area contributed by atoms with Crippen LogP contribution in [0.15, 0.2) is 36.0 Å². The number of aliphatic hydroxyl groups excluding tert-OH is 1. The van der Waals surface area contributed by atoms with Crippen LogP contribution in [0.25, 0.3) is 0 Å². The largest absolute Gasteiger partial charge is 0.461 e. The van der Waals surface area contributed by atoms with E-state index in [4.69, 9.17) is 9.47 Å². The molecule has 5 heteroatoms. The molecule has 0 aromatic heterocycles. The molecule has 0 amide bonds.